The van der Waals surface area contributed by atoms with Crippen LogP contribution in [0.5, 0.6) is 0 Å². The highest BCUT2D eigenvalue weighted by Gasteiger charge is 1.61. The van der Waals surface area contributed by atoms with Gasteiger partial charge in [-0.05, 0) is 4.93 Å². The maximum Gasteiger partial charge on any atom is 0.262 e. The number of quaternary nitrogens is 1. The quantitative estimate of drug-likeness (QED) is 0.328. The third-order valence-electron chi connectivity index (χ3n) is 0. The van der Waals surface area contributed by atoms with Crippen molar-refractivity contribution in [2.75, 3.05) is 4.93 Å². The Morgan fingerprint density at radius 2 is 1.83 bits per heavy atom. The summed E-state index contributed by atoms with van der Waals surface area (Å²) in [5.74, 6) is 0. The number of alkyl halides is 1. The van der Waals surface area contributed by atoms with Gasteiger partial charge in [0.1, 0.15) is 0 Å². The summed E-state index contributed by atoms with van der Waals surface area (Å²) in [6.45, 7) is 0. The van der Waals surface area contributed by atoms with Crippen molar-refractivity contribution in [3.05, 3.63) is 0 Å². The topological polar surface area (TPSA) is 53.7 Å². The molecule has 0 aromatic rings. The molecule has 0 aliphatic rings. The van der Waals surface area contributed by atoms with Gasteiger partial charge in [-0.25, -0.2) is 0 Å². The average Bonchev–Trinajstić information content (AvgIpc) is 1.41. The number of thiocarbonyl (C=S) groups is 1. The summed E-state index contributed by atoms with van der Waals surface area (Å²) >= 11 is 6.35. The van der Waals surface area contributed by atoms with Crippen LogP contribution in [0.2, 0.25) is 0 Å². The second-order valence-corrected chi connectivity index (χ2v) is 0.991. The van der Waals surface area contributed by atoms with E-state index >= 15 is 0 Å². The highest BCUT2D eigenvalue weighted by molar-refractivity contribution is 14.1. The summed E-state index contributed by atoms with van der Waals surface area (Å²) in [6, 6.07) is 0. The summed E-state index contributed by atoms with van der Waals surface area (Å²) in [4.78, 5) is 1.97. The molecule has 0 fully saturated rings. The molecule has 0 aromatic carbocycles. The Hall–Kier alpha value is 0.580. The van der Waals surface area contributed by atoms with Gasteiger partial charge in [0.2, 0.25) is 0 Å². The van der Waals surface area contributed by atoms with Crippen LogP contribution in [0.15, 0.2) is 0 Å². The van der Waals surface area contributed by atoms with E-state index in [-0.39, 0.29) is 5.11 Å². The van der Waals surface area contributed by atoms with Crippen molar-refractivity contribution in [1.82, 2.24) is 0 Å². The Bertz CT molecular complexity index is 34.5. The van der Waals surface area contributed by atoms with Crippen molar-refractivity contribution >= 4 is 39.9 Å². The van der Waals surface area contributed by atoms with Crippen molar-refractivity contribution in [3.8, 4) is 0 Å². The highest BCUT2D eigenvalue weighted by Crippen LogP contribution is 1.48. The first-order valence-electron chi connectivity index (χ1n) is 1.22. The van der Waals surface area contributed by atoms with E-state index in [4.69, 9.17) is 5.73 Å². The SMILES string of the molecule is CI.NC([NH3+])=S. The molecular formula is C2H8IN2S+. The first-order chi connectivity index (χ1) is 2.73. The highest BCUT2D eigenvalue weighted by atomic mass is 127. The zero-order valence-electron chi connectivity index (χ0n) is 3.57. The number of rotatable bonds is 0. The van der Waals surface area contributed by atoms with Crippen LogP contribution in [0.25, 0.3) is 0 Å². The van der Waals surface area contributed by atoms with Crippen molar-refractivity contribution in [2.24, 2.45) is 5.73 Å². The monoisotopic (exact) mass is 219 g/mol. The molecule has 38 valence electrons. The van der Waals surface area contributed by atoms with Crippen molar-refractivity contribution in [1.29, 1.82) is 0 Å². The summed E-state index contributed by atoms with van der Waals surface area (Å²) in [5, 5.41) is 0.250. The molecule has 0 aromatic heterocycles. The Balaban J connectivity index is 0. The van der Waals surface area contributed by atoms with Crippen LogP contribution >= 0.6 is 34.8 Å². The number of nitrogens with two attached hydrogens (primary N) is 1. The Kier molecular flexibility index (Phi) is 14.9. The molecule has 0 saturated carbocycles. The molecule has 6 heavy (non-hydrogen) atoms. The lowest BCUT2D eigenvalue weighted by atomic mass is 11.3. The molecular weight excluding hydrogens is 211 g/mol. The van der Waals surface area contributed by atoms with Gasteiger partial charge in [0.05, 0.1) is 0 Å². The lowest BCUT2D eigenvalue weighted by Crippen LogP contribution is -2.60. The van der Waals surface area contributed by atoms with E-state index in [1.807, 2.05) is 4.93 Å². The molecule has 0 atom stereocenters. The molecule has 0 spiro atoms. The minimum Gasteiger partial charge on any atom is -0.345 e. The molecule has 0 rings (SSSR count). The zero-order valence-corrected chi connectivity index (χ0v) is 6.54. The van der Waals surface area contributed by atoms with Crippen LogP contribution in [0.3, 0.4) is 0 Å². The summed E-state index contributed by atoms with van der Waals surface area (Å²) in [5.41, 5.74) is 7.88. The molecule has 0 bridgehead atoms. The molecule has 2 nitrogen and oxygen atoms in total. The predicted octanol–water partition coefficient (Wildman–Crippen LogP) is -0.477. The van der Waals surface area contributed by atoms with Gasteiger partial charge in [0.15, 0.2) is 0 Å². The number of hydrogen-bond acceptors (Lipinski definition) is 1. The van der Waals surface area contributed by atoms with Crippen LogP contribution < -0.4 is 11.5 Å². The summed E-state index contributed by atoms with van der Waals surface area (Å²) < 4.78 is 0. The fraction of sp³-hybridized carbons (Fsp3) is 0.500. The smallest absolute Gasteiger partial charge is 0.262 e. The predicted molar refractivity (Wildman–Crippen MR) is 39.6 cm³/mol. The molecule has 4 heteroatoms. The molecule has 0 amide bonds. The van der Waals surface area contributed by atoms with E-state index in [9.17, 15) is 0 Å². The van der Waals surface area contributed by atoms with Crippen LogP contribution in [0.1, 0.15) is 0 Å². The van der Waals surface area contributed by atoms with Crippen molar-refractivity contribution in [2.45, 2.75) is 0 Å². The van der Waals surface area contributed by atoms with E-state index in [0.717, 1.165) is 0 Å². The third kappa shape index (κ3) is 174. The Morgan fingerprint density at radius 1 is 1.83 bits per heavy atom. The van der Waals surface area contributed by atoms with Crippen LogP contribution in [0.4, 0.5) is 0 Å². The second kappa shape index (κ2) is 9.13. The lowest BCUT2D eigenvalue weighted by Gasteiger charge is -1.61. The molecule has 0 aliphatic carbocycles. The minimum atomic E-state index is 0.250. The van der Waals surface area contributed by atoms with Crippen LogP contribution in [0, 0.1) is 0 Å². The maximum atomic E-state index is 4.73. The minimum absolute atomic E-state index is 0.250. The standard InChI is InChI=1S/CH3I.CH4N2S/c1-2;2-1(3)4/h1H3;(H4,2,3,4)/p+1. The van der Waals surface area contributed by atoms with Gasteiger partial charge in [-0.2, -0.15) is 0 Å². The van der Waals surface area contributed by atoms with E-state index < -0.39 is 0 Å². The normalized spacial score (nSPS) is 5.17. The van der Waals surface area contributed by atoms with E-state index in [1.54, 1.807) is 0 Å². The Morgan fingerprint density at radius 3 is 1.83 bits per heavy atom. The molecule has 5 N–H and O–H groups in total. The molecule has 0 radical (unpaired) electrons. The fourth-order valence-corrected chi connectivity index (χ4v) is 0. The molecule has 0 aliphatic heterocycles. The molecule has 0 heterocycles. The first-order valence-corrected chi connectivity index (χ1v) is 3.79. The second-order valence-electron chi connectivity index (χ2n) is 0.466. The summed E-state index contributed by atoms with van der Waals surface area (Å²) in [7, 11) is 0. The van der Waals surface area contributed by atoms with E-state index in [1.165, 1.54) is 0 Å². The maximum absolute atomic E-state index is 4.73. The zero-order chi connectivity index (χ0) is 5.58. The van der Waals surface area contributed by atoms with Gasteiger partial charge in [-0.3, -0.25) is 0 Å². The number of halogens is 1. The van der Waals surface area contributed by atoms with E-state index in [0.29, 0.717) is 0 Å². The van der Waals surface area contributed by atoms with Gasteiger partial charge < -0.3 is 11.5 Å². The van der Waals surface area contributed by atoms with Gasteiger partial charge >= 0.3 is 0 Å². The average molecular weight is 219 g/mol. The van der Waals surface area contributed by atoms with Gasteiger partial charge in [0, 0.05) is 12.2 Å². The summed E-state index contributed by atoms with van der Waals surface area (Å²) in [6.07, 6.45) is 0. The van der Waals surface area contributed by atoms with Crippen molar-refractivity contribution in [3.63, 3.8) is 0 Å². The first kappa shape index (κ1) is 9.77. The van der Waals surface area contributed by atoms with Crippen LogP contribution in [-0.4, -0.2) is 10.0 Å². The van der Waals surface area contributed by atoms with Gasteiger partial charge in [-0.1, -0.05) is 22.6 Å². The molecule has 0 unspecified atom stereocenters. The molecule has 0 saturated heterocycles. The largest absolute Gasteiger partial charge is 0.345 e. The van der Waals surface area contributed by atoms with Gasteiger partial charge in [0.25, 0.3) is 5.11 Å². The fourth-order valence-electron chi connectivity index (χ4n) is 0. The Labute approximate surface area is 56.4 Å². The van der Waals surface area contributed by atoms with Crippen LogP contribution in [-0.2, 0) is 0 Å². The van der Waals surface area contributed by atoms with E-state index in [2.05, 4.69) is 40.5 Å². The number of hydrogen-bond donors (Lipinski definition) is 2. The lowest BCUT2D eigenvalue weighted by molar-refractivity contribution is -0.210. The van der Waals surface area contributed by atoms with Crippen molar-refractivity contribution < 1.29 is 5.73 Å². The van der Waals surface area contributed by atoms with Gasteiger partial charge in [-0.15, -0.1) is 0 Å². The third-order valence-corrected chi connectivity index (χ3v) is 0.